The predicted octanol–water partition coefficient (Wildman–Crippen LogP) is 2.43. The average molecular weight is 273 g/mol. The molecule has 1 heterocycles. The second kappa shape index (κ2) is 5.99. The highest BCUT2D eigenvalue weighted by atomic mass is 16.7. The lowest BCUT2D eigenvalue weighted by atomic mass is 9.93. The van der Waals surface area contributed by atoms with E-state index in [2.05, 4.69) is 17.5 Å². The Bertz CT molecular complexity index is 524. The molecule has 1 N–H and O–H groups in total. The van der Waals surface area contributed by atoms with Crippen molar-refractivity contribution >= 4 is 5.91 Å². The molecule has 0 saturated carbocycles. The maximum atomic E-state index is 12.0. The molecule has 1 amide bonds. The third kappa shape index (κ3) is 2.95. The van der Waals surface area contributed by atoms with Gasteiger partial charge in [0.2, 0.25) is 12.7 Å². The number of allylic oxidation sites excluding steroid dienone is 2. The highest BCUT2D eigenvalue weighted by molar-refractivity contribution is 5.78. The Hall–Kier alpha value is -1.97. The molecule has 0 bridgehead atoms. The number of hydrogen-bond donors (Lipinski definition) is 1. The number of carbonyl (C=O) groups is 1. The predicted molar refractivity (Wildman–Crippen MR) is 75.8 cm³/mol. The molecular formula is C16H19NO3. The summed E-state index contributed by atoms with van der Waals surface area (Å²) in [4.78, 5) is 12.0. The van der Waals surface area contributed by atoms with Gasteiger partial charge in [-0.1, -0.05) is 18.2 Å². The Morgan fingerprint density at radius 1 is 1.25 bits per heavy atom. The number of benzene rings is 1. The molecular weight excluding hydrogens is 254 g/mol. The summed E-state index contributed by atoms with van der Waals surface area (Å²) in [6.07, 6.45) is 7.91. The molecule has 1 aromatic rings. The summed E-state index contributed by atoms with van der Waals surface area (Å²) in [6, 6.07) is 5.92. The van der Waals surface area contributed by atoms with Crippen LogP contribution in [0.15, 0.2) is 30.4 Å². The summed E-state index contributed by atoms with van der Waals surface area (Å²) >= 11 is 0. The molecule has 0 unspecified atom stereocenters. The van der Waals surface area contributed by atoms with Crippen LogP contribution in [-0.4, -0.2) is 19.2 Å². The van der Waals surface area contributed by atoms with E-state index in [4.69, 9.17) is 9.47 Å². The minimum Gasteiger partial charge on any atom is -0.454 e. The van der Waals surface area contributed by atoms with Gasteiger partial charge in [-0.25, -0.2) is 0 Å². The van der Waals surface area contributed by atoms with Crippen molar-refractivity contribution in [3.63, 3.8) is 0 Å². The molecule has 20 heavy (non-hydrogen) atoms. The van der Waals surface area contributed by atoms with Gasteiger partial charge in [0.25, 0.3) is 0 Å². The molecule has 0 fully saturated rings. The molecule has 0 spiro atoms. The molecule has 4 nitrogen and oxygen atoms in total. The van der Waals surface area contributed by atoms with Crippen molar-refractivity contribution in [2.45, 2.75) is 25.7 Å². The number of hydrogen-bond acceptors (Lipinski definition) is 3. The van der Waals surface area contributed by atoms with Crippen LogP contribution < -0.4 is 14.8 Å². The van der Waals surface area contributed by atoms with Crippen molar-refractivity contribution < 1.29 is 14.3 Å². The zero-order valence-electron chi connectivity index (χ0n) is 11.4. The molecule has 0 saturated heterocycles. The minimum absolute atomic E-state index is 0.150. The average Bonchev–Trinajstić information content (AvgIpc) is 2.95. The van der Waals surface area contributed by atoms with Crippen LogP contribution in [0.4, 0.5) is 0 Å². The number of rotatable bonds is 4. The molecule has 2 aliphatic rings. The Balaban J connectivity index is 1.47. The molecule has 1 aromatic carbocycles. The summed E-state index contributed by atoms with van der Waals surface area (Å²) in [6.45, 7) is 0.962. The molecule has 0 radical (unpaired) electrons. The van der Waals surface area contributed by atoms with Gasteiger partial charge >= 0.3 is 0 Å². The number of amides is 1. The number of fused-ring (bicyclic) bond motifs is 1. The largest absolute Gasteiger partial charge is 0.454 e. The van der Waals surface area contributed by atoms with E-state index >= 15 is 0 Å². The lowest BCUT2D eigenvalue weighted by Crippen LogP contribution is -2.32. The third-order valence-corrected chi connectivity index (χ3v) is 3.79. The van der Waals surface area contributed by atoms with Gasteiger partial charge in [-0.3, -0.25) is 4.79 Å². The summed E-state index contributed by atoms with van der Waals surface area (Å²) in [5.74, 6) is 1.92. The van der Waals surface area contributed by atoms with Crippen LogP contribution in [0.5, 0.6) is 11.5 Å². The quantitative estimate of drug-likeness (QED) is 0.857. The standard InChI is InChI=1S/C16H19NO3/c18-16(13-4-2-1-3-5-13)17-9-8-12-6-7-14-15(10-12)20-11-19-14/h1-2,6-7,10,13H,3-5,8-9,11H2,(H,17,18)/t13-/m1/s1. The van der Waals surface area contributed by atoms with Gasteiger partial charge < -0.3 is 14.8 Å². The smallest absolute Gasteiger partial charge is 0.231 e. The molecule has 1 aliphatic carbocycles. The monoisotopic (exact) mass is 273 g/mol. The topological polar surface area (TPSA) is 47.6 Å². The van der Waals surface area contributed by atoms with Crippen molar-refractivity contribution in [2.75, 3.05) is 13.3 Å². The first-order valence-corrected chi connectivity index (χ1v) is 7.14. The third-order valence-electron chi connectivity index (χ3n) is 3.79. The molecule has 1 atom stereocenters. The van der Waals surface area contributed by atoms with E-state index in [0.717, 1.165) is 42.7 Å². The fraction of sp³-hybridized carbons (Fsp3) is 0.438. The van der Waals surface area contributed by atoms with E-state index in [1.165, 1.54) is 0 Å². The van der Waals surface area contributed by atoms with Crippen LogP contribution in [0.3, 0.4) is 0 Å². The van der Waals surface area contributed by atoms with E-state index in [-0.39, 0.29) is 11.8 Å². The van der Waals surface area contributed by atoms with Crippen LogP contribution in [0.25, 0.3) is 0 Å². The van der Waals surface area contributed by atoms with E-state index in [0.29, 0.717) is 13.3 Å². The number of ether oxygens (including phenoxy) is 2. The van der Waals surface area contributed by atoms with Crippen molar-refractivity contribution in [3.05, 3.63) is 35.9 Å². The zero-order chi connectivity index (χ0) is 13.8. The maximum Gasteiger partial charge on any atom is 0.231 e. The van der Waals surface area contributed by atoms with Gasteiger partial charge in [-0.2, -0.15) is 0 Å². The molecule has 4 heteroatoms. The van der Waals surface area contributed by atoms with E-state index < -0.39 is 0 Å². The molecule has 0 aromatic heterocycles. The van der Waals surface area contributed by atoms with E-state index in [9.17, 15) is 4.79 Å². The van der Waals surface area contributed by atoms with Gasteiger partial charge in [-0.15, -0.1) is 0 Å². The first-order valence-electron chi connectivity index (χ1n) is 7.14. The first-order chi connectivity index (χ1) is 9.83. The van der Waals surface area contributed by atoms with Gasteiger partial charge in [0.15, 0.2) is 11.5 Å². The lowest BCUT2D eigenvalue weighted by molar-refractivity contribution is -0.125. The van der Waals surface area contributed by atoms with Crippen LogP contribution in [0.1, 0.15) is 24.8 Å². The van der Waals surface area contributed by atoms with Crippen molar-refractivity contribution in [3.8, 4) is 11.5 Å². The van der Waals surface area contributed by atoms with Crippen molar-refractivity contribution in [1.82, 2.24) is 5.32 Å². The Morgan fingerprint density at radius 3 is 3.00 bits per heavy atom. The SMILES string of the molecule is O=C(NCCc1ccc2c(c1)OCO2)[C@@H]1CC=CCC1. The Morgan fingerprint density at radius 2 is 2.15 bits per heavy atom. The Labute approximate surface area is 118 Å². The Kier molecular flexibility index (Phi) is 3.90. The van der Waals surface area contributed by atoms with Gasteiger partial charge in [-0.05, 0) is 43.4 Å². The number of carbonyl (C=O) groups excluding carboxylic acids is 1. The van der Waals surface area contributed by atoms with Crippen LogP contribution in [0, 0.1) is 5.92 Å². The second-order valence-corrected chi connectivity index (χ2v) is 5.21. The highest BCUT2D eigenvalue weighted by Crippen LogP contribution is 2.32. The number of nitrogens with one attached hydrogen (secondary N) is 1. The zero-order valence-corrected chi connectivity index (χ0v) is 11.4. The first kappa shape index (κ1) is 13.0. The molecule has 106 valence electrons. The summed E-state index contributed by atoms with van der Waals surface area (Å²) in [5, 5.41) is 3.02. The van der Waals surface area contributed by atoms with Crippen LogP contribution in [-0.2, 0) is 11.2 Å². The van der Waals surface area contributed by atoms with Crippen molar-refractivity contribution in [1.29, 1.82) is 0 Å². The minimum atomic E-state index is 0.150. The summed E-state index contributed by atoms with van der Waals surface area (Å²) < 4.78 is 10.6. The molecule has 1 aliphatic heterocycles. The lowest BCUT2D eigenvalue weighted by Gasteiger charge is -2.17. The van der Waals surface area contributed by atoms with Gasteiger partial charge in [0, 0.05) is 12.5 Å². The molecule has 3 rings (SSSR count). The van der Waals surface area contributed by atoms with E-state index in [1.807, 2.05) is 18.2 Å². The normalized spacial score (nSPS) is 19.9. The van der Waals surface area contributed by atoms with Gasteiger partial charge in [0.05, 0.1) is 0 Å². The van der Waals surface area contributed by atoms with E-state index in [1.54, 1.807) is 0 Å². The van der Waals surface area contributed by atoms with Crippen LogP contribution in [0.2, 0.25) is 0 Å². The van der Waals surface area contributed by atoms with Crippen LogP contribution >= 0.6 is 0 Å². The summed E-state index contributed by atoms with van der Waals surface area (Å²) in [5.41, 5.74) is 1.15. The maximum absolute atomic E-state index is 12.0. The second-order valence-electron chi connectivity index (χ2n) is 5.21. The summed E-state index contributed by atoms with van der Waals surface area (Å²) in [7, 11) is 0. The highest BCUT2D eigenvalue weighted by Gasteiger charge is 2.18. The van der Waals surface area contributed by atoms with Gasteiger partial charge in [0.1, 0.15) is 0 Å². The fourth-order valence-corrected chi connectivity index (χ4v) is 2.60. The fourth-order valence-electron chi connectivity index (χ4n) is 2.60. The van der Waals surface area contributed by atoms with Crippen molar-refractivity contribution in [2.24, 2.45) is 5.92 Å².